The fourth-order valence-corrected chi connectivity index (χ4v) is 2.92. The Bertz CT molecular complexity index is 626. The number of hydrogen-bond donors (Lipinski definition) is 0. The molecule has 3 amide bonds. The highest BCUT2D eigenvalue weighted by Gasteiger charge is 2.49. The zero-order chi connectivity index (χ0) is 16.1. The average Bonchev–Trinajstić information content (AvgIpc) is 2.71. The number of carbonyl (C=O) groups excluding carboxylic acids is 2. The Balaban J connectivity index is 2.08. The molecule has 1 atom stereocenters. The van der Waals surface area contributed by atoms with E-state index in [0.717, 1.165) is 12.1 Å². The number of alkyl halides is 3. The van der Waals surface area contributed by atoms with Gasteiger partial charge in [-0.2, -0.15) is 13.2 Å². The quantitative estimate of drug-likeness (QED) is 0.705. The van der Waals surface area contributed by atoms with E-state index >= 15 is 0 Å². The molecule has 2 saturated heterocycles. The number of nitrogens with zero attached hydrogens (tertiary/aromatic N) is 2. The Labute approximate surface area is 131 Å². The molecule has 0 spiro atoms. The van der Waals surface area contributed by atoms with Gasteiger partial charge in [-0.1, -0.05) is 15.9 Å². The highest BCUT2D eigenvalue weighted by Crippen LogP contribution is 2.40. The van der Waals surface area contributed by atoms with Crippen molar-refractivity contribution in [2.45, 2.75) is 12.2 Å². The van der Waals surface area contributed by atoms with Crippen molar-refractivity contribution in [1.82, 2.24) is 4.90 Å². The lowest BCUT2D eigenvalue weighted by Gasteiger charge is -2.26. The molecule has 0 aromatic heterocycles. The molecule has 0 N–H and O–H groups in total. The molecule has 3 rings (SSSR count). The predicted octanol–water partition coefficient (Wildman–Crippen LogP) is 2.64. The number of rotatable bonds is 1. The Kier molecular flexibility index (Phi) is 3.64. The first kappa shape index (κ1) is 15.3. The van der Waals surface area contributed by atoms with E-state index in [9.17, 15) is 22.8 Å². The van der Waals surface area contributed by atoms with Crippen molar-refractivity contribution in [2.75, 3.05) is 24.7 Å². The molecule has 2 fully saturated rings. The van der Waals surface area contributed by atoms with Gasteiger partial charge in [-0.15, -0.1) is 0 Å². The Morgan fingerprint density at radius 2 is 2.00 bits per heavy atom. The summed E-state index contributed by atoms with van der Waals surface area (Å²) in [4.78, 5) is 26.5. The van der Waals surface area contributed by atoms with Gasteiger partial charge in [0.15, 0.2) is 0 Å². The number of morpholine rings is 1. The van der Waals surface area contributed by atoms with Crippen molar-refractivity contribution in [1.29, 1.82) is 0 Å². The summed E-state index contributed by atoms with van der Waals surface area (Å²) < 4.78 is 44.9. The molecule has 22 heavy (non-hydrogen) atoms. The molecule has 1 aromatic carbocycles. The smallest absolute Gasteiger partial charge is 0.377 e. The number of imide groups is 1. The Morgan fingerprint density at radius 3 is 2.64 bits per heavy atom. The predicted molar refractivity (Wildman–Crippen MR) is 73.3 cm³/mol. The van der Waals surface area contributed by atoms with Crippen molar-refractivity contribution in [3.63, 3.8) is 0 Å². The maximum atomic E-state index is 13.2. The van der Waals surface area contributed by atoms with Crippen molar-refractivity contribution in [3.05, 3.63) is 28.2 Å². The fourth-order valence-electron chi connectivity index (χ4n) is 2.56. The zero-order valence-corrected chi connectivity index (χ0v) is 12.6. The normalized spacial score (nSPS) is 22.3. The first-order valence-electron chi connectivity index (χ1n) is 6.40. The van der Waals surface area contributed by atoms with E-state index in [4.69, 9.17) is 4.74 Å². The fraction of sp³-hybridized carbons (Fsp3) is 0.385. The van der Waals surface area contributed by atoms with Gasteiger partial charge in [0.25, 0.3) is 5.91 Å². The molecule has 118 valence electrons. The van der Waals surface area contributed by atoms with Crippen LogP contribution in [-0.2, 0) is 15.7 Å². The molecule has 2 aliphatic heterocycles. The van der Waals surface area contributed by atoms with Crippen LogP contribution < -0.4 is 4.90 Å². The monoisotopic (exact) mass is 378 g/mol. The second-order valence-corrected chi connectivity index (χ2v) is 5.82. The number of hydrogen-bond acceptors (Lipinski definition) is 3. The highest BCUT2D eigenvalue weighted by atomic mass is 79.9. The SMILES string of the molecule is O=C1C2COCCN2C(=O)N1c1ccc(Br)cc1C(F)(F)F. The van der Waals surface area contributed by atoms with Crippen molar-refractivity contribution in [3.8, 4) is 0 Å². The summed E-state index contributed by atoms with van der Waals surface area (Å²) in [7, 11) is 0. The molecular formula is C13H10BrF3N2O3. The van der Waals surface area contributed by atoms with Crippen LogP contribution in [-0.4, -0.2) is 42.6 Å². The minimum atomic E-state index is -4.68. The number of fused-ring (bicyclic) bond motifs is 1. The van der Waals surface area contributed by atoms with Crippen molar-refractivity contribution >= 4 is 33.6 Å². The van der Waals surface area contributed by atoms with Crippen LogP contribution in [0.1, 0.15) is 5.56 Å². The highest BCUT2D eigenvalue weighted by molar-refractivity contribution is 9.10. The summed E-state index contributed by atoms with van der Waals surface area (Å²) in [6, 6.07) is 1.72. The molecule has 0 bridgehead atoms. The minimum absolute atomic E-state index is 0.00104. The van der Waals surface area contributed by atoms with Gasteiger partial charge in [-0.3, -0.25) is 4.79 Å². The van der Waals surface area contributed by atoms with E-state index < -0.39 is 35.4 Å². The van der Waals surface area contributed by atoms with Gasteiger partial charge in [-0.05, 0) is 18.2 Å². The maximum Gasteiger partial charge on any atom is 0.418 e. The Hall–Kier alpha value is -1.61. The first-order chi connectivity index (χ1) is 10.3. The van der Waals surface area contributed by atoms with E-state index in [1.165, 1.54) is 11.0 Å². The van der Waals surface area contributed by atoms with Crippen LogP contribution in [0.4, 0.5) is 23.7 Å². The number of urea groups is 1. The average molecular weight is 379 g/mol. The number of halogens is 4. The molecule has 1 unspecified atom stereocenters. The van der Waals surface area contributed by atoms with Gasteiger partial charge >= 0.3 is 12.2 Å². The van der Waals surface area contributed by atoms with Gasteiger partial charge in [-0.25, -0.2) is 9.69 Å². The largest absolute Gasteiger partial charge is 0.418 e. The standard InChI is InChI=1S/C13H10BrF3N2O3/c14-7-1-2-9(8(5-7)13(15,16)17)19-11(20)10-6-22-4-3-18(10)12(19)21/h1-2,5,10H,3-4,6H2. The number of anilines is 1. The number of amides is 3. The van der Waals surface area contributed by atoms with Crippen molar-refractivity contribution < 1.29 is 27.5 Å². The van der Waals surface area contributed by atoms with Crippen molar-refractivity contribution in [2.24, 2.45) is 0 Å². The summed E-state index contributed by atoms with van der Waals surface area (Å²) >= 11 is 2.97. The first-order valence-corrected chi connectivity index (χ1v) is 7.19. The molecule has 2 heterocycles. The maximum absolute atomic E-state index is 13.2. The van der Waals surface area contributed by atoms with Crippen LogP contribution in [0.5, 0.6) is 0 Å². The summed E-state index contributed by atoms with van der Waals surface area (Å²) in [5.74, 6) is -0.697. The van der Waals surface area contributed by atoms with E-state index in [1.807, 2.05) is 0 Å². The third kappa shape index (κ3) is 2.38. The van der Waals surface area contributed by atoms with Crippen LogP contribution in [0.25, 0.3) is 0 Å². The van der Waals surface area contributed by atoms with Gasteiger partial charge in [0.05, 0.1) is 24.5 Å². The topological polar surface area (TPSA) is 49.9 Å². The third-order valence-electron chi connectivity index (χ3n) is 3.58. The molecule has 0 aliphatic carbocycles. The van der Waals surface area contributed by atoms with Crippen LogP contribution in [0.3, 0.4) is 0 Å². The molecule has 1 aromatic rings. The summed E-state index contributed by atoms with van der Waals surface area (Å²) in [6.07, 6.45) is -4.68. The lowest BCUT2D eigenvalue weighted by Crippen LogP contribution is -2.45. The third-order valence-corrected chi connectivity index (χ3v) is 4.07. The van der Waals surface area contributed by atoms with E-state index in [1.54, 1.807) is 0 Å². The van der Waals surface area contributed by atoms with E-state index in [-0.39, 0.29) is 24.2 Å². The van der Waals surface area contributed by atoms with Crippen LogP contribution in [0, 0.1) is 0 Å². The lowest BCUT2D eigenvalue weighted by molar-refractivity contribution is -0.137. The number of ether oxygens (including phenoxy) is 1. The van der Waals surface area contributed by atoms with Crippen LogP contribution >= 0.6 is 15.9 Å². The van der Waals surface area contributed by atoms with E-state index in [0.29, 0.717) is 4.90 Å². The lowest BCUT2D eigenvalue weighted by atomic mass is 10.1. The Morgan fingerprint density at radius 1 is 1.27 bits per heavy atom. The van der Waals surface area contributed by atoms with Crippen LogP contribution in [0.2, 0.25) is 0 Å². The minimum Gasteiger partial charge on any atom is -0.377 e. The van der Waals surface area contributed by atoms with Gasteiger partial charge in [0.2, 0.25) is 0 Å². The number of carbonyl (C=O) groups is 2. The molecule has 0 saturated carbocycles. The molecule has 5 nitrogen and oxygen atoms in total. The summed E-state index contributed by atoms with van der Waals surface area (Å²) in [6.45, 7) is 0.443. The molecule has 2 aliphatic rings. The van der Waals surface area contributed by atoms with Gasteiger partial charge in [0, 0.05) is 11.0 Å². The van der Waals surface area contributed by atoms with E-state index in [2.05, 4.69) is 15.9 Å². The molecule has 0 radical (unpaired) electrons. The summed E-state index contributed by atoms with van der Waals surface area (Å²) in [5, 5.41) is 0. The van der Waals surface area contributed by atoms with Gasteiger partial charge in [0.1, 0.15) is 6.04 Å². The number of benzene rings is 1. The molecular weight excluding hydrogens is 369 g/mol. The molecule has 9 heteroatoms. The van der Waals surface area contributed by atoms with Gasteiger partial charge < -0.3 is 9.64 Å². The van der Waals surface area contributed by atoms with Crippen LogP contribution in [0.15, 0.2) is 22.7 Å². The second kappa shape index (κ2) is 5.24. The zero-order valence-electron chi connectivity index (χ0n) is 11.1. The second-order valence-electron chi connectivity index (χ2n) is 4.90. The summed E-state index contributed by atoms with van der Waals surface area (Å²) in [5.41, 5.74) is -1.50.